The van der Waals surface area contributed by atoms with Crippen LogP contribution in [0, 0.1) is 13.8 Å². The smallest absolute Gasteiger partial charge is 0.268 e. The Morgan fingerprint density at radius 3 is 2.74 bits per heavy atom. The fourth-order valence-corrected chi connectivity index (χ4v) is 2.99. The van der Waals surface area contributed by atoms with Gasteiger partial charge in [-0.1, -0.05) is 17.7 Å². The number of hydrogen-bond acceptors (Lipinski definition) is 3. The lowest BCUT2D eigenvalue weighted by atomic mass is 9.95. The van der Waals surface area contributed by atoms with Gasteiger partial charge in [0.15, 0.2) is 5.78 Å². The third kappa shape index (κ3) is 2.99. The number of ether oxygens (including phenoxy) is 1. The number of benzene rings is 1. The average Bonchev–Trinajstić information content (AvgIpc) is 2.98. The van der Waals surface area contributed by atoms with E-state index in [2.05, 4.69) is 22.4 Å². The number of amides is 1. The van der Waals surface area contributed by atoms with Crippen LogP contribution in [-0.4, -0.2) is 23.3 Å². The van der Waals surface area contributed by atoms with Gasteiger partial charge in [0.05, 0.1) is 12.6 Å². The molecule has 0 radical (unpaired) electrons. The van der Waals surface area contributed by atoms with Crippen LogP contribution < -0.4 is 10.1 Å². The molecular weight excluding hydrogens is 292 g/mol. The predicted octanol–water partition coefficient (Wildman–Crippen LogP) is 3.09. The second-order valence-corrected chi connectivity index (χ2v) is 6.02. The number of aryl methyl sites for hydroxylation is 2. The molecule has 1 aromatic heterocycles. The number of carbonyl (C=O) groups excluding carboxylic acids is 2. The molecule has 1 aromatic carbocycles. The van der Waals surface area contributed by atoms with Gasteiger partial charge in [-0.25, -0.2) is 0 Å². The number of nitrogens with one attached hydrogen (secondary N) is 2. The molecule has 1 aliphatic heterocycles. The van der Waals surface area contributed by atoms with E-state index in [0.717, 1.165) is 28.9 Å². The van der Waals surface area contributed by atoms with Crippen LogP contribution in [0.1, 0.15) is 56.9 Å². The number of hydrogen-bond donors (Lipinski definition) is 2. The summed E-state index contributed by atoms with van der Waals surface area (Å²) in [5, 5.41) is 3.04. The third-order valence-corrected chi connectivity index (χ3v) is 4.12. The summed E-state index contributed by atoms with van der Waals surface area (Å²) in [6.45, 7) is 6.10. The van der Waals surface area contributed by atoms with Crippen LogP contribution in [-0.2, 0) is 0 Å². The van der Waals surface area contributed by atoms with Crippen LogP contribution in [0.15, 0.2) is 24.4 Å². The molecule has 3 rings (SSSR count). The molecule has 0 saturated heterocycles. The molecule has 2 heterocycles. The molecule has 1 aliphatic rings. The van der Waals surface area contributed by atoms with E-state index in [0.29, 0.717) is 17.9 Å². The van der Waals surface area contributed by atoms with Crippen molar-refractivity contribution in [2.45, 2.75) is 33.2 Å². The molecule has 23 heavy (non-hydrogen) atoms. The molecule has 2 aromatic rings. The Morgan fingerprint density at radius 1 is 1.26 bits per heavy atom. The molecule has 0 spiro atoms. The number of ketones is 1. The van der Waals surface area contributed by atoms with Gasteiger partial charge in [-0.2, -0.15) is 0 Å². The lowest BCUT2D eigenvalue weighted by Crippen LogP contribution is -2.32. The molecule has 0 saturated carbocycles. The zero-order valence-corrected chi connectivity index (χ0v) is 13.5. The number of carbonyl (C=O) groups is 2. The van der Waals surface area contributed by atoms with Crippen molar-refractivity contribution in [1.82, 2.24) is 10.3 Å². The molecular formula is C18H20N2O3. The maximum Gasteiger partial charge on any atom is 0.268 e. The first-order valence-corrected chi connectivity index (χ1v) is 7.70. The van der Waals surface area contributed by atoms with Gasteiger partial charge in [0.25, 0.3) is 5.91 Å². The van der Waals surface area contributed by atoms with Crippen molar-refractivity contribution in [3.05, 3.63) is 52.3 Å². The second-order valence-electron chi connectivity index (χ2n) is 6.02. The molecule has 0 aliphatic carbocycles. The number of Topliss-reactive ketones (excluding diaryl/α,β-unsaturated/α-hetero) is 1. The van der Waals surface area contributed by atoms with E-state index >= 15 is 0 Å². The van der Waals surface area contributed by atoms with Gasteiger partial charge in [0.2, 0.25) is 0 Å². The highest BCUT2D eigenvalue weighted by molar-refractivity contribution is 5.99. The Bertz CT molecular complexity index is 777. The first kappa shape index (κ1) is 15.3. The lowest BCUT2D eigenvalue weighted by Gasteiger charge is -2.28. The molecule has 1 atom stereocenters. The van der Waals surface area contributed by atoms with Gasteiger partial charge in [0, 0.05) is 23.7 Å². The minimum Gasteiger partial charge on any atom is -0.493 e. The summed E-state index contributed by atoms with van der Waals surface area (Å²) in [4.78, 5) is 26.6. The van der Waals surface area contributed by atoms with E-state index in [-0.39, 0.29) is 17.7 Å². The van der Waals surface area contributed by atoms with Gasteiger partial charge < -0.3 is 15.0 Å². The molecule has 2 N–H and O–H groups in total. The first-order chi connectivity index (χ1) is 11.0. The molecule has 1 amide bonds. The van der Waals surface area contributed by atoms with Gasteiger partial charge in [-0.05, 0) is 32.4 Å². The van der Waals surface area contributed by atoms with Crippen molar-refractivity contribution in [1.29, 1.82) is 0 Å². The average molecular weight is 312 g/mol. The summed E-state index contributed by atoms with van der Waals surface area (Å²) in [7, 11) is 0. The Hall–Kier alpha value is -2.56. The second kappa shape index (κ2) is 5.91. The fourth-order valence-electron chi connectivity index (χ4n) is 2.99. The van der Waals surface area contributed by atoms with Crippen molar-refractivity contribution >= 4 is 11.7 Å². The van der Waals surface area contributed by atoms with Crippen molar-refractivity contribution in [2.24, 2.45) is 0 Å². The summed E-state index contributed by atoms with van der Waals surface area (Å²) in [5.74, 6) is 0.584. The van der Waals surface area contributed by atoms with E-state index in [1.54, 1.807) is 12.3 Å². The molecule has 0 fully saturated rings. The normalized spacial score (nSPS) is 16.4. The minimum atomic E-state index is -0.213. The summed E-state index contributed by atoms with van der Waals surface area (Å²) in [6, 6.07) is 5.63. The molecule has 5 heteroatoms. The zero-order valence-electron chi connectivity index (χ0n) is 13.5. The Labute approximate surface area is 135 Å². The van der Waals surface area contributed by atoms with Gasteiger partial charge in [-0.15, -0.1) is 0 Å². The number of aromatic nitrogens is 1. The molecule has 5 nitrogen and oxygen atoms in total. The van der Waals surface area contributed by atoms with Crippen LogP contribution >= 0.6 is 0 Å². The minimum absolute atomic E-state index is 0.0667. The van der Waals surface area contributed by atoms with Crippen LogP contribution in [0.25, 0.3) is 0 Å². The number of fused-ring (bicyclic) bond motifs is 1. The van der Waals surface area contributed by atoms with Gasteiger partial charge in [0.1, 0.15) is 11.4 Å². The maximum absolute atomic E-state index is 12.4. The summed E-state index contributed by atoms with van der Waals surface area (Å²) >= 11 is 0. The molecule has 0 bridgehead atoms. The summed E-state index contributed by atoms with van der Waals surface area (Å²) < 4.78 is 5.76. The predicted molar refractivity (Wildman–Crippen MR) is 87.0 cm³/mol. The van der Waals surface area contributed by atoms with Crippen molar-refractivity contribution in [3.63, 3.8) is 0 Å². The zero-order chi connectivity index (χ0) is 16.6. The highest BCUT2D eigenvalue weighted by Crippen LogP contribution is 2.35. The molecule has 120 valence electrons. The lowest BCUT2D eigenvalue weighted by molar-refractivity contribution is 0.0920. The van der Waals surface area contributed by atoms with E-state index in [1.165, 1.54) is 6.92 Å². The van der Waals surface area contributed by atoms with Crippen LogP contribution in [0.2, 0.25) is 0 Å². The highest BCUT2D eigenvalue weighted by Gasteiger charge is 2.25. The quantitative estimate of drug-likeness (QED) is 0.856. The molecule has 0 unspecified atom stereocenters. The van der Waals surface area contributed by atoms with E-state index in [9.17, 15) is 9.59 Å². The van der Waals surface area contributed by atoms with Crippen molar-refractivity contribution in [2.75, 3.05) is 6.61 Å². The van der Waals surface area contributed by atoms with Crippen LogP contribution in [0.5, 0.6) is 5.75 Å². The topological polar surface area (TPSA) is 71.2 Å². The largest absolute Gasteiger partial charge is 0.493 e. The first-order valence-electron chi connectivity index (χ1n) is 7.70. The van der Waals surface area contributed by atoms with Gasteiger partial charge in [-0.3, -0.25) is 9.59 Å². The number of H-pyrrole nitrogens is 1. The van der Waals surface area contributed by atoms with Crippen molar-refractivity contribution < 1.29 is 14.3 Å². The van der Waals surface area contributed by atoms with E-state index in [1.807, 2.05) is 13.8 Å². The highest BCUT2D eigenvalue weighted by atomic mass is 16.5. The standard InChI is InChI=1S/C18H20N2O3/c1-10-6-11(2)17-14(7-10)15(4-5-23-17)20-18(22)16-8-13(9-19-16)12(3)21/h6-9,15,19H,4-5H2,1-3H3,(H,20,22)/t15-/m0/s1. The van der Waals surface area contributed by atoms with E-state index < -0.39 is 0 Å². The number of aromatic amines is 1. The summed E-state index contributed by atoms with van der Waals surface area (Å²) in [6.07, 6.45) is 2.28. The van der Waals surface area contributed by atoms with E-state index in [4.69, 9.17) is 4.74 Å². The van der Waals surface area contributed by atoms with Crippen molar-refractivity contribution in [3.8, 4) is 5.75 Å². The fraction of sp³-hybridized carbons (Fsp3) is 0.333. The Balaban J connectivity index is 1.84. The number of rotatable bonds is 3. The maximum atomic E-state index is 12.4. The van der Waals surface area contributed by atoms with Crippen LogP contribution in [0.3, 0.4) is 0 Å². The summed E-state index contributed by atoms with van der Waals surface area (Å²) in [5.41, 5.74) is 4.14. The Morgan fingerprint density at radius 2 is 2.04 bits per heavy atom. The SMILES string of the molecule is CC(=O)c1c[nH]c(C(=O)N[C@H]2CCOc3c(C)cc(C)cc32)c1. The monoisotopic (exact) mass is 312 g/mol. The van der Waals surface area contributed by atoms with Crippen LogP contribution in [0.4, 0.5) is 0 Å². The van der Waals surface area contributed by atoms with Gasteiger partial charge >= 0.3 is 0 Å². The third-order valence-electron chi connectivity index (χ3n) is 4.12. The Kier molecular flexibility index (Phi) is 3.94.